The lowest BCUT2D eigenvalue weighted by Crippen LogP contribution is -2.52. The van der Waals surface area contributed by atoms with Crippen LogP contribution in [0.4, 0.5) is 11.4 Å². The van der Waals surface area contributed by atoms with E-state index in [2.05, 4.69) is 99.5 Å². The minimum atomic E-state index is 0.0854. The van der Waals surface area contributed by atoms with Crippen LogP contribution in [0.1, 0.15) is 67.9 Å². The van der Waals surface area contributed by atoms with Gasteiger partial charge in [-0.1, -0.05) is 30.7 Å². The second-order valence-corrected chi connectivity index (χ2v) is 12.1. The summed E-state index contributed by atoms with van der Waals surface area (Å²) < 4.78 is 9.32. The third-order valence-electron chi connectivity index (χ3n) is 8.80. The van der Waals surface area contributed by atoms with Crippen molar-refractivity contribution in [2.24, 2.45) is 0 Å². The first-order valence-electron chi connectivity index (χ1n) is 14.3. The van der Waals surface area contributed by atoms with Crippen LogP contribution in [0.2, 0.25) is 0 Å². The molecule has 0 bridgehead atoms. The number of aryl methyl sites for hydroxylation is 2. The zero-order valence-electron chi connectivity index (χ0n) is 24.7. The van der Waals surface area contributed by atoms with E-state index in [0.717, 1.165) is 41.4 Å². The average molecular weight is 532 g/mol. The van der Waals surface area contributed by atoms with Crippen LogP contribution in [0.25, 0.3) is 5.57 Å². The molecule has 2 aliphatic heterocycles. The summed E-state index contributed by atoms with van der Waals surface area (Å²) in [4.78, 5) is 2.12. The third kappa shape index (κ3) is 4.27. The lowest BCUT2D eigenvalue weighted by atomic mass is 9.81. The zero-order chi connectivity index (χ0) is 28.3. The van der Waals surface area contributed by atoms with Crippen molar-refractivity contribution in [2.45, 2.75) is 59.4 Å². The molecule has 2 aliphatic rings. The van der Waals surface area contributed by atoms with Crippen molar-refractivity contribution in [3.8, 4) is 17.2 Å². The second kappa shape index (κ2) is 9.55. The number of hydrogen-bond donors (Lipinski definition) is 1. The van der Waals surface area contributed by atoms with Crippen LogP contribution in [0.15, 0.2) is 72.8 Å². The fourth-order valence-electron chi connectivity index (χ4n) is 6.87. The molecule has 204 valence electrons. The lowest BCUT2D eigenvalue weighted by molar-refractivity contribution is 0.272. The largest absolute Gasteiger partial charge is 0.508 e. The first-order valence-corrected chi connectivity index (χ1v) is 14.3. The Kier molecular flexibility index (Phi) is 6.25. The fourth-order valence-corrected chi connectivity index (χ4v) is 6.87. The van der Waals surface area contributed by atoms with Crippen LogP contribution in [0.5, 0.6) is 17.2 Å². The molecule has 0 aromatic heterocycles. The van der Waals surface area contributed by atoms with Crippen molar-refractivity contribution < 1.29 is 9.84 Å². The minimum absolute atomic E-state index is 0.0854. The molecule has 0 radical (unpaired) electrons. The molecule has 1 N–H and O–H groups in total. The number of nitrogens with zero attached hydrogens (tertiary/aromatic N) is 2. The van der Waals surface area contributed by atoms with Gasteiger partial charge in [-0.15, -0.1) is 0 Å². The molecule has 0 fully saturated rings. The van der Waals surface area contributed by atoms with Crippen molar-refractivity contribution in [2.75, 3.05) is 18.5 Å². The quantitative estimate of drug-likeness (QED) is 0.256. The molecule has 4 nitrogen and oxygen atoms in total. The normalized spacial score (nSPS) is 17.0. The Labute approximate surface area is 237 Å². The van der Waals surface area contributed by atoms with Crippen LogP contribution in [-0.4, -0.2) is 24.2 Å². The Balaban J connectivity index is 1.62. The van der Waals surface area contributed by atoms with Gasteiger partial charge in [0.05, 0.1) is 6.07 Å². The van der Waals surface area contributed by atoms with Crippen LogP contribution < -0.4 is 24.8 Å². The van der Waals surface area contributed by atoms with E-state index < -0.39 is 0 Å². The van der Waals surface area contributed by atoms with E-state index in [1.54, 1.807) is 12.1 Å². The molecule has 6 rings (SSSR count). The molecule has 4 heteroatoms. The molecule has 0 aliphatic carbocycles. The molecule has 0 saturated heterocycles. The van der Waals surface area contributed by atoms with Gasteiger partial charge in [0.1, 0.15) is 23.8 Å². The summed E-state index contributed by atoms with van der Waals surface area (Å²) in [5.41, 5.74) is 9.62. The number of fused-ring (bicyclic) bond motifs is 3. The first kappa shape index (κ1) is 26.2. The van der Waals surface area contributed by atoms with Gasteiger partial charge in [-0.3, -0.25) is 0 Å². The monoisotopic (exact) mass is 531 g/mol. The van der Waals surface area contributed by atoms with Crippen molar-refractivity contribution >= 4 is 16.9 Å². The number of hydrogen-bond acceptors (Lipinski definition) is 3. The average Bonchev–Trinajstić information content (AvgIpc) is 2.91. The number of aromatic hydroxyl groups is 1. The van der Waals surface area contributed by atoms with Crippen LogP contribution in [0, 0.1) is 13.8 Å². The van der Waals surface area contributed by atoms with E-state index in [9.17, 15) is 5.11 Å². The molecule has 4 aromatic carbocycles. The van der Waals surface area contributed by atoms with Gasteiger partial charge >= 0.3 is 0 Å². The number of phenols is 1. The van der Waals surface area contributed by atoms with E-state index in [1.165, 1.54) is 38.4 Å². The smallest absolute Gasteiger partial charge is 0.207 e. The standard InChI is InChI=1S/C36H38N2O2/c1-8-38-32-20-34-31(19-30(32)24(4)21-36(38,5)6)35(28-15-9-22(2)17-23(28)3)29-16-12-26(18-33(29)40-34)37(7)25-10-13-27(39)14-11-25/h9-20,24H,8,21H2,1-7H3/p+1. The number of benzene rings is 4. The van der Waals surface area contributed by atoms with Crippen molar-refractivity contribution in [3.63, 3.8) is 0 Å². The van der Waals surface area contributed by atoms with E-state index in [1.807, 2.05) is 19.2 Å². The van der Waals surface area contributed by atoms with Gasteiger partial charge in [0.15, 0.2) is 5.54 Å². The summed E-state index contributed by atoms with van der Waals surface area (Å²) in [6, 6.07) is 25.2. The maximum Gasteiger partial charge on any atom is 0.207 e. The van der Waals surface area contributed by atoms with Crippen molar-refractivity contribution in [1.29, 1.82) is 0 Å². The van der Waals surface area contributed by atoms with Gasteiger partial charge in [-0.2, -0.15) is 0 Å². The van der Waals surface area contributed by atoms with Gasteiger partial charge in [-0.05, 0) is 94.1 Å². The number of ether oxygens (including phenoxy) is 1. The van der Waals surface area contributed by atoms with E-state index in [-0.39, 0.29) is 11.3 Å². The highest BCUT2D eigenvalue weighted by molar-refractivity contribution is 5.87. The van der Waals surface area contributed by atoms with Crippen molar-refractivity contribution in [3.05, 3.63) is 111 Å². The Morgan fingerprint density at radius 1 is 0.900 bits per heavy atom. The number of phenolic OH excluding ortho intramolecular Hbond substituents is 1. The van der Waals surface area contributed by atoms with Gasteiger partial charge < -0.3 is 14.7 Å². The Morgan fingerprint density at radius 2 is 1.60 bits per heavy atom. The fraction of sp³-hybridized carbons (Fsp3) is 0.306. The molecule has 2 heterocycles. The zero-order valence-corrected chi connectivity index (χ0v) is 24.7. The van der Waals surface area contributed by atoms with Crippen LogP contribution >= 0.6 is 0 Å². The molecular weight excluding hydrogens is 492 g/mol. The van der Waals surface area contributed by atoms with E-state index in [4.69, 9.17) is 4.74 Å². The highest BCUT2D eigenvalue weighted by Gasteiger charge is 2.38. The summed E-state index contributed by atoms with van der Waals surface area (Å²) in [6.07, 6.45) is 1.12. The first-order chi connectivity index (χ1) is 19.1. The molecular formula is C36H39N2O2+. The maximum absolute atomic E-state index is 9.76. The molecule has 1 atom stereocenters. The lowest BCUT2D eigenvalue weighted by Gasteiger charge is -2.32. The topological polar surface area (TPSA) is 35.7 Å². The summed E-state index contributed by atoms with van der Waals surface area (Å²) in [5.74, 6) is 2.49. The summed E-state index contributed by atoms with van der Waals surface area (Å²) in [6.45, 7) is 14.6. The Morgan fingerprint density at radius 3 is 2.30 bits per heavy atom. The minimum Gasteiger partial charge on any atom is -0.508 e. The van der Waals surface area contributed by atoms with Crippen molar-refractivity contribution in [1.82, 2.24) is 4.58 Å². The highest BCUT2D eigenvalue weighted by Crippen LogP contribution is 2.41. The molecule has 0 saturated carbocycles. The van der Waals surface area contributed by atoms with E-state index >= 15 is 0 Å². The third-order valence-corrected chi connectivity index (χ3v) is 8.80. The maximum atomic E-state index is 9.76. The summed E-state index contributed by atoms with van der Waals surface area (Å²) in [7, 11) is 2.04. The van der Waals surface area contributed by atoms with Crippen LogP contribution in [0.3, 0.4) is 0 Å². The highest BCUT2D eigenvalue weighted by atomic mass is 16.5. The van der Waals surface area contributed by atoms with E-state index in [0.29, 0.717) is 5.92 Å². The predicted molar refractivity (Wildman–Crippen MR) is 165 cm³/mol. The molecule has 40 heavy (non-hydrogen) atoms. The van der Waals surface area contributed by atoms with Gasteiger partial charge in [0, 0.05) is 52.8 Å². The summed E-state index contributed by atoms with van der Waals surface area (Å²) >= 11 is 0. The van der Waals surface area contributed by atoms with Crippen LogP contribution in [-0.2, 0) is 0 Å². The van der Waals surface area contributed by atoms with Gasteiger partial charge in [0.25, 0.3) is 0 Å². The Bertz CT molecular complexity index is 1770. The predicted octanol–water partition coefficient (Wildman–Crippen LogP) is 6.93. The Hall–Kier alpha value is -4.05. The number of anilines is 2. The summed E-state index contributed by atoms with van der Waals surface area (Å²) in [5, 5.41) is 12.2. The number of rotatable bonds is 4. The molecule has 1 unspecified atom stereocenters. The van der Waals surface area contributed by atoms with Gasteiger partial charge in [0.2, 0.25) is 5.36 Å². The SMILES string of the molecule is CC[N+]1=c2cc3c(cc2C(C)CC1(C)C)=C(c1ccc(C)cc1C)c1ccc(N(C)c2ccc(O)cc2)cc1O3. The second-order valence-electron chi connectivity index (χ2n) is 12.1. The molecule has 4 aromatic rings. The molecule has 0 amide bonds. The molecule has 0 spiro atoms. The van der Waals surface area contributed by atoms with Gasteiger partial charge in [-0.25, -0.2) is 4.58 Å².